The SMILES string of the molecule is CCC1CC1Nc1ccc([N+](=O)[O-])c(C#N)n1. The van der Waals surface area contributed by atoms with Crippen LogP contribution in [0.4, 0.5) is 11.5 Å². The summed E-state index contributed by atoms with van der Waals surface area (Å²) in [6.45, 7) is 2.12. The molecule has 88 valence electrons. The van der Waals surface area contributed by atoms with Crippen molar-refractivity contribution < 1.29 is 4.92 Å². The number of nitro groups is 1. The number of hydrogen-bond acceptors (Lipinski definition) is 5. The first kappa shape index (κ1) is 11.3. The molecule has 1 aliphatic rings. The molecule has 0 spiro atoms. The molecule has 6 heteroatoms. The Morgan fingerprint density at radius 1 is 1.71 bits per heavy atom. The van der Waals surface area contributed by atoms with Crippen molar-refractivity contribution in [3.63, 3.8) is 0 Å². The molecule has 6 nitrogen and oxygen atoms in total. The highest BCUT2D eigenvalue weighted by Gasteiger charge is 2.35. The zero-order chi connectivity index (χ0) is 12.4. The Kier molecular flexibility index (Phi) is 2.91. The molecule has 1 N–H and O–H groups in total. The maximum atomic E-state index is 10.6. The third-order valence-electron chi connectivity index (χ3n) is 2.96. The van der Waals surface area contributed by atoms with Crippen LogP contribution in [0.5, 0.6) is 0 Å². The molecular formula is C11H12N4O2. The van der Waals surface area contributed by atoms with Gasteiger partial charge in [0.1, 0.15) is 11.9 Å². The minimum Gasteiger partial charge on any atom is -0.367 e. The van der Waals surface area contributed by atoms with Gasteiger partial charge in [-0.05, 0) is 18.4 Å². The molecular weight excluding hydrogens is 220 g/mol. The Labute approximate surface area is 98.4 Å². The second-order valence-corrected chi connectivity index (χ2v) is 4.09. The number of rotatable bonds is 4. The lowest BCUT2D eigenvalue weighted by Gasteiger charge is -2.04. The maximum Gasteiger partial charge on any atom is 0.305 e. The zero-order valence-electron chi connectivity index (χ0n) is 9.38. The van der Waals surface area contributed by atoms with Gasteiger partial charge < -0.3 is 5.32 Å². The molecule has 0 radical (unpaired) electrons. The fraction of sp³-hybridized carbons (Fsp3) is 0.455. The van der Waals surface area contributed by atoms with Gasteiger partial charge in [-0.3, -0.25) is 10.1 Å². The van der Waals surface area contributed by atoms with E-state index < -0.39 is 4.92 Å². The molecule has 0 amide bonds. The summed E-state index contributed by atoms with van der Waals surface area (Å²) in [5.74, 6) is 1.19. The minimum atomic E-state index is -0.596. The van der Waals surface area contributed by atoms with Crippen LogP contribution in [0.15, 0.2) is 12.1 Å². The van der Waals surface area contributed by atoms with Crippen LogP contribution in [0.2, 0.25) is 0 Å². The molecule has 1 aromatic heterocycles. The molecule has 0 saturated heterocycles. The van der Waals surface area contributed by atoms with E-state index in [4.69, 9.17) is 5.26 Å². The summed E-state index contributed by atoms with van der Waals surface area (Å²) in [6.07, 6.45) is 2.20. The van der Waals surface area contributed by atoms with Crippen molar-refractivity contribution in [1.29, 1.82) is 5.26 Å². The second kappa shape index (κ2) is 4.37. The number of nitrogens with one attached hydrogen (secondary N) is 1. The molecule has 2 atom stereocenters. The van der Waals surface area contributed by atoms with Crippen LogP contribution < -0.4 is 5.32 Å². The quantitative estimate of drug-likeness (QED) is 0.633. The zero-order valence-corrected chi connectivity index (χ0v) is 9.38. The van der Waals surface area contributed by atoms with E-state index in [1.54, 1.807) is 12.1 Å². The summed E-state index contributed by atoms with van der Waals surface area (Å²) in [6, 6.07) is 5.00. The first-order valence-electron chi connectivity index (χ1n) is 5.47. The van der Waals surface area contributed by atoms with Crippen molar-refractivity contribution in [2.45, 2.75) is 25.8 Å². The van der Waals surface area contributed by atoms with Gasteiger partial charge in [0.2, 0.25) is 5.69 Å². The third-order valence-corrected chi connectivity index (χ3v) is 2.96. The van der Waals surface area contributed by atoms with Crippen LogP contribution in [0, 0.1) is 27.4 Å². The minimum absolute atomic E-state index is 0.145. The van der Waals surface area contributed by atoms with E-state index >= 15 is 0 Å². The molecule has 1 aromatic rings. The fourth-order valence-electron chi connectivity index (χ4n) is 1.83. The van der Waals surface area contributed by atoms with E-state index in [1.807, 2.05) is 0 Å². The topological polar surface area (TPSA) is 91.9 Å². The van der Waals surface area contributed by atoms with Crippen molar-refractivity contribution in [2.75, 3.05) is 5.32 Å². The van der Waals surface area contributed by atoms with E-state index in [9.17, 15) is 10.1 Å². The van der Waals surface area contributed by atoms with Gasteiger partial charge in [0.15, 0.2) is 0 Å². The van der Waals surface area contributed by atoms with Crippen molar-refractivity contribution in [3.8, 4) is 6.07 Å². The molecule has 2 unspecified atom stereocenters. The van der Waals surface area contributed by atoms with Gasteiger partial charge >= 0.3 is 5.69 Å². The van der Waals surface area contributed by atoms with Gasteiger partial charge in [0.25, 0.3) is 0 Å². The lowest BCUT2D eigenvalue weighted by molar-refractivity contribution is -0.385. The number of aromatic nitrogens is 1. The van der Waals surface area contributed by atoms with Gasteiger partial charge in [-0.25, -0.2) is 4.98 Å². The van der Waals surface area contributed by atoms with Gasteiger partial charge in [0, 0.05) is 12.1 Å². The highest BCUT2D eigenvalue weighted by molar-refractivity contribution is 5.51. The standard InChI is InChI=1S/C11H12N4O2/c1-2-7-5-8(7)13-11-4-3-10(15(16)17)9(6-12)14-11/h3-4,7-8H,2,5H2,1H3,(H,13,14). The number of hydrogen-bond donors (Lipinski definition) is 1. The van der Waals surface area contributed by atoms with Crippen LogP contribution in [0.1, 0.15) is 25.5 Å². The molecule has 2 rings (SSSR count). The number of anilines is 1. The monoisotopic (exact) mass is 232 g/mol. The summed E-state index contributed by atoms with van der Waals surface area (Å²) in [4.78, 5) is 14.0. The molecule has 0 aromatic carbocycles. The second-order valence-electron chi connectivity index (χ2n) is 4.09. The summed E-state index contributed by atoms with van der Waals surface area (Å²) in [5.41, 5.74) is -0.394. The van der Waals surface area contributed by atoms with Crippen LogP contribution in [-0.2, 0) is 0 Å². The Morgan fingerprint density at radius 2 is 2.47 bits per heavy atom. The van der Waals surface area contributed by atoms with E-state index in [0.29, 0.717) is 17.8 Å². The van der Waals surface area contributed by atoms with E-state index in [2.05, 4.69) is 17.2 Å². The summed E-state index contributed by atoms with van der Waals surface area (Å²) < 4.78 is 0. The van der Waals surface area contributed by atoms with E-state index in [-0.39, 0.29) is 11.4 Å². The molecule has 1 aliphatic carbocycles. The molecule has 1 fully saturated rings. The predicted molar refractivity (Wildman–Crippen MR) is 61.4 cm³/mol. The van der Waals surface area contributed by atoms with Gasteiger partial charge in [-0.1, -0.05) is 13.3 Å². The van der Waals surface area contributed by atoms with Crippen LogP contribution in [0.25, 0.3) is 0 Å². The Morgan fingerprint density at radius 3 is 3.00 bits per heavy atom. The molecule has 0 bridgehead atoms. The van der Waals surface area contributed by atoms with Crippen molar-refractivity contribution in [2.24, 2.45) is 5.92 Å². The number of nitriles is 1. The van der Waals surface area contributed by atoms with Gasteiger partial charge in [0.05, 0.1) is 4.92 Å². The molecule has 17 heavy (non-hydrogen) atoms. The van der Waals surface area contributed by atoms with E-state index in [1.165, 1.54) is 6.07 Å². The molecule has 1 heterocycles. The fourth-order valence-corrected chi connectivity index (χ4v) is 1.83. The molecule has 1 saturated carbocycles. The molecule has 0 aliphatic heterocycles. The Balaban J connectivity index is 2.15. The van der Waals surface area contributed by atoms with Crippen LogP contribution in [0.3, 0.4) is 0 Å². The first-order chi connectivity index (χ1) is 8.15. The first-order valence-corrected chi connectivity index (χ1v) is 5.47. The lowest BCUT2D eigenvalue weighted by atomic mass is 10.3. The van der Waals surface area contributed by atoms with Crippen molar-refractivity contribution in [1.82, 2.24) is 4.98 Å². The smallest absolute Gasteiger partial charge is 0.305 e. The van der Waals surface area contributed by atoms with Gasteiger partial charge in [-0.2, -0.15) is 5.26 Å². The highest BCUT2D eigenvalue weighted by atomic mass is 16.6. The normalized spacial score (nSPS) is 21.6. The Bertz CT molecular complexity index is 495. The van der Waals surface area contributed by atoms with Crippen LogP contribution >= 0.6 is 0 Å². The predicted octanol–water partition coefficient (Wildman–Crippen LogP) is 2.07. The number of nitrogens with zero attached hydrogens (tertiary/aromatic N) is 3. The maximum absolute atomic E-state index is 10.6. The van der Waals surface area contributed by atoms with Crippen molar-refractivity contribution in [3.05, 3.63) is 27.9 Å². The van der Waals surface area contributed by atoms with Crippen LogP contribution in [-0.4, -0.2) is 15.9 Å². The third kappa shape index (κ3) is 2.33. The summed E-state index contributed by atoms with van der Waals surface area (Å²) in [5, 5.41) is 22.6. The lowest BCUT2D eigenvalue weighted by Crippen LogP contribution is -2.07. The summed E-state index contributed by atoms with van der Waals surface area (Å²) >= 11 is 0. The van der Waals surface area contributed by atoms with Crippen molar-refractivity contribution >= 4 is 11.5 Å². The average molecular weight is 232 g/mol. The Hall–Kier alpha value is -2.16. The highest BCUT2D eigenvalue weighted by Crippen LogP contribution is 2.35. The van der Waals surface area contributed by atoms with Gasteiger partial charge in [-0.15, -0.1) is 0 Å². The average Bonchev–Trinajstić information content (AvgIpc) is 3.07. The largest absolute Gasteiger partial charge is 0.367 e. The number of pyridine rings is 1. The van der Waals surface area contributed by atoms with E-state index in [0.717, 1.165) is 12.8 Å². The summed E-state index contributed by atoms with van der Waals surface area (Å²) in [7, 11) is 0.